The van der Waals surface area contributed by atoms with Crippen LogP contribution in [0.2, 0.25) is 0 Å². The Bertz CT molecular complexity index is 207. The lowest BCUT2D eigenvalue weighted by molar-refractivity contribution is 0.0736. The molecule has 13 heavy (non-hydrogen) atoms. The van der Waals surface area contributed by atoms with Crippen molar-refractivity contribution in [2.45, 2.75) is 25.8 Å². The second-order valence-corrected chi connectivity index (χ2v) is 3.28. The number of nitrogens with two attached hydrogens (primary N) is 1. The van der Waals surface area contributed by atoms with Gasteiger partial charge in [0.25, 0.3) is 0 Å². The van der Waals surface area contributed by atoms with Crippen LogP contribution >= 0.6 is 0 Å². The molecule has 1 saturated heterocycles. The van der Waals surface area contributed by atoms with Crippen molar-refractivity contribution in [1.29, 1.82) is 5.41 Å². The summed E-state index contributed by atoms with van der Waals surface area (Å²) in [5.41, 5.74) is 6.92. The Labute approximate surface area is 78.7 Å². The SMILES string of the molecule is C/C(NC1CCCOC1)=C(\N)C=N. The van der Waals surface area contributed by atoms with Gasteiger partial charge in [0, 0.05) is 24.6 Å². The lowest BCUT2D eigenvalue weighted by atomic mass is 10.1. The molecule has 0 spiro atoms. The van der Waals surface area contributed by atoms with E-state index in [0.29, 0.717) is 11.7 Å². The highest BCUT2D eigenvalue weighted by atomic mass is 16.5. The van der Waals surface area contributed by atoms with Gasteiger partial charge in [0.15, 0.2) is 0 Å². The molecule has 1 rings (SSSR count). The van der Waals surface area contributed by atoms with Crippen LogP contribution in [0, 0.1) is 5.41 Å². The van der Waals surface area contributed by atoms with Crippen LogP contribution in [0.3, 0.4) is 0 Å². The highest BCUT2D eigenvalue weighted by molar-refractivity contribution is 5.75. The molecule has 1 atom stereocenters. The fourth-order valence-electron chi connectivity index (χ4n) is 1.35. The largest absolute Gasteiger partial charge is 0.396 e. The Hall–Kier alpha value is -1.03. The number of rotatable bonds is 3. The molecule has 0 bridgehead atoms. The van der Waals surface area contributed by atoms with Gasteiger partial charge < -0.3 is 21.2 Å². The third-order valence-corrected chi connectivity index (χ3v) is 2.17. The molecule has 4 N–H and O–H groups in total. The molecule has 74 valence electrons. The summed E-state index contributed by atoms with van der Waals surface area (Å²) in [6, 6.07) is 0.354. The summed E-state index contributed by atoms with van der Waals surface area (Å²) in [5, 5.41) is 10.2. The smallest absolute Gasteiger partial charge is 0.0682 e. The molecule has 0 aliphatic carbocycles. The van der Waals surface area contributed by atoms with Crippen LogP contribution in [0.4, 0.5) is 0 Å². The van der Waals surface area contributed by atoms with E-state index < -0.39 is 0 Å². The van der Waals surface area contributed by atoms with E-state index in [9.17, 15) is 0 Å². The first-order chi connectivity index (χ1) is 6.24. The van der Waals surface area contributed by atoms with Gasteiger partial charge in [0.05, 0.1) is 12.3 Å². The van der Waals surface area contributed by atoms with Gasteiger partial charge in [0.1, 0.15) is 0 Å². The Morgan fingerprint density at radius 3 is 3.00 bits per heavy atom. The maximum atomic E-state index is 6.98. The van der Waals surface area contributed by atoms with Crippen LogP contribution in [0.1, 0.15) is 19.8 Å². The number of allylic oxidation sites excluding steroid dienone is 2. The van der Waals surface area contributed by atoms with Crippen molar-refractivity contribution in [3.05, 3.63) is 11.4 Å². The standard InChI is InChI=1S/C9H17N3O/c1-7(9(11)5-10)12-8-3-2-4-13-6-8/h5,8,10,12H,2-4,6,11H2,1H3/b9-7+,10-5?. The third kappa shape index (κ3) is 3.06. The van der Waals surface area contributed by atoms with Crippen molar-refractivity contribution < 1.29 is 4.74 Å². The molecule has 1 fully saturated rings. The van der Waals surface area contributed by atoms with Crippen molar-refractivity contribution in [2.75, 3.05) is 13.2 Å². The summed E-state index contributed by atoms with van der Waals surface area (Å²) in [6.07, 6.45) is 3.37. The highest BCUT2D eigenvalue weighted by Gasteiger charge is 2.13. The molecular weight excluding hydrogens is 166 g/mol. The molecule has 0 aromatic heterocycles. The predicted octanol–water partition coefficient (Wildman–Crippen LogP) is 0.595. The van der Waals surface area contributed by atoms with Gasteiger partial charge in [0.2, 0.25) is 0 Å². The lowest BCUT2D eigenvalue weighted by Gasteiger charge is -2.24. The summed E-state index contributed by atoms with van der Waals surface area (Å²) in [6.45, 7) is 3.48. The van der Waals surface area contributed by atoms with Crippen molar-refractivity contribution in [1.82, 2.24) is 5.32 Å². The zero-order valence-corrected chi connectivity index (χ0v) is 7.97. The van der Waals surface area contributed by atoms with E-state index in [1.807, 2.05) is 6.92 Å². The van der Waals surface area contributed by atoms with Gasteiger partial charge in [-0.3, -0.25) is 0 Å². The Morgan fingerprint density at radius 2 is 2.46 bits per heavy atom. The van der Waals surface area contributed by atoms with Gasteiger partial charge in [-0.05, 0) is 19.8 Å². The minimum atomic E-state index is 0.354. The molecule has 1 aliphatic rings. The zero-order chi connectivity index (χ0) is 9.68. The summed E-state index contributed by atoms with van der Waals surface area (Å²) in [7, 11) is 0. The van der Waals surface area contributed by atoms with Crippen molar-refractivity contribution in [3.8, 4) is 0 Å². The molecular formula is C9H17N3O. The molecule has 0 saturated carbocycles. The first kappa shape index (κ1) is 10.1. The quantitative estimate of drug-likeness (QED) is 0.561. The van der Waals surface area contributed by atoms with E-state index >= 15 is 0 Å². The van der Waals surface area contributed by atoms with Crippen LogP contribution in [0.25, 0.3) is 0 Å². The van der Waals surface area contributed by atoms with Gasteiger partial charge in [-0.2, -0.15) is 0 Å². The molecule has 0 aromatic rings. The van der Waals surface area contributed by atoms with Crippen molar-refractivity contribution in [3.63, 3.8) is 0 Å². The summed E-state index contributed by atoms with van der Waals surface area (Å²) >= 11 is 0. The minimum absolute atomic E-state index is 0.354. The lowest BCUT2D eigenvalue weighted by Crippen LogP contribution is -2.36. The van der Waals surface area contributed by atoms with Crippen LogP contribution < -0.4 is 11.1 Å². The van der Waals surface area contributed by atoms with E-state index in [1.165, 1.54) is 0 Å². The average Bonchev–Trinajstić information content (AvgIpc) is 2.18. The maximum Gasteiger partial charge on any atom is 0.0682 e. The Kier molecular flexibility index (Phi) is 3.76. The maximum absolute atomic E-state index is 6.98. The van der Waals surface area contributed by atoms with Crippen LogP contribution in [-0.2, 0) is 4.74 Å². The van der Waals surface area contributed by atoms with Gasteiger partial charge in [-0.1, -0.05) is 0 Å². The molecule has 1 unspecified atom stereocenters. The highest BCUT2D eigenvalue weighted by Crippen LogP contribution is 2.07. The molecule has 1 heterocycles. The van der Waals surface area contributed by atoms with E-state index in [0.717, 1.165) is 38.0 Å². The van der Waals surface area contributed by atoms with Gasteiger partial charge in [-0.15, -0.1) is 0 Å². The first-order valence-electron chi connectivity index (χ1n) is 4.55. The van der Waals surface area contributed by atoms with E-state index in [2.05, 4.69) is 5.32 Å². The average molecular weight is 183 g/mol. The topological polar surface area (TPSA) is 71.1 Å². The second-order valence-electron chi connectivity index (χ2n) is 3.28. The first-order valence-corrected chi connectivity index (χ1v) is 4.55. The number of ether oxygens (including phenoxy) is 1. The fourth-order valence-corrected chi connectivity index (χ4v) is 1.35. The predicted molar refractivity (Wildman–Crippen MR) is 52.6 cm³/mol. The van der Waals surface area contributed by atoms with Gasteiger partial charge in [-0.25, -0.2) is 0 Å². The van der Waals surface area contributed by atoms with Crippen molar-refractivity contribution in [2.24, 2.45) is 5.73 Å². The van der Waals surface area contributed by atoms with Crippen LogP contribution in [-0.4, -0.2) is 25.5 Å². The zero-order valence-electron chi connectivity index (χ0n) is 7.97. The second kappa shape index (κ2) is 4.87. The van der Waals surface area contributed by atoms with Crippen molar-refractivity contribution >= 4 is 6.21 Å². The molecule has 4 heteroatoms. The normalized spacial score (nSPS) is 24.8. The number of hydrogen-bond donors (Lipinski definition) is 3. The molecule has 1 aliphatic heterocycles. The number of hydrogen-bond acceptors (Lipinski definition) is 4. The van der Waals surface area contributed by atoms with Gasteiger partial charge >= 0.3 is 0 Å². The summed E-state index contributed by atoms with van der Waals surface area (Å²) in [4.78, 5) is 0. The van der Waals surface area contributed by atoms with E-state index in [1.54, 1.807) is 0 Å². The molecule has 4 nitrogen and oxygen atoms in total. The van der Waals surface area contributed by atoms with Crippen LogP contribution in [0.5, 0.6) is 0 Å². The fraction of sp³-hybridized carbons (Fsp3) is 0.667. The van der Waals surface area contributed by atoms with E-state index in [-0.39, 0.29) is 0 Å². The van der Waals surface area contributed by atoms with E-state index in [4.69, 9.17) is 15.9 Å². The monoisotopic (exact) mass is 183 g/mol. The Balaban J connectivity index is 2.42. The minimum Gasteiger partial charge on any atom is -0.396 e. The Morgan fingerprint density at radius 1 is 1.69 bits per heavy atom. The summed E-state index contributed by atoms with van der Waals surface area (Å²) < 4.78 is 5.31. The third-order valence-electron chi connectivity index (χ3n) is 2.17. The molecule has 0 aromatic carbocycles. The number of nitrogens with one attached hydrogen (secondary N) is 2. The summed E-state index contributed by atoms with van der Waals surface area (Å²) in [5.74, 6) is 0. The molecule has 0 amide bonds. The molecule has 0 radical (unpaired) electrons. The van der Waals surface area contributed by atoms with Crippen LogP contribution in [0.15, 0.2) is 11.4 Å².